The van der Waals surface area contributed by atoms with Crippen LogP contribution in [0.1, 0.15) is 25.7 Å². The molecular formula is C15H12F12O5. The van der Waals surface area contributed by atoms with E-state index in [0.717, 1.165) is 0 Å². The summed E-state index contributed by atoms with van der Waals surface area (Å²) in [5.41, 5.74) is -14.7. The molecule has 186 valence electrons. The molecule has 17 heteroatoms. The summed E-state index contributed by atoms with van der Waals surface area (Å²) in [5.74, 6) is -10.5. The van der Waals surface area contributed by atoms with E-state index in [1.165, 1.54) is 0 Å². The molecule has 2 N–H and O–H groups in total. The first kappa shape index (κ1) is 26.5. The van der Waals surface area contributed by atoms with E-state index >= 15 is 0 Å². The van der Waals surface area contributed by atoms with Gasteiger partial charge in [0.15, 0.2) is 0 Å². The van der Waals surface area contributed by atoms with Crippen LogP contribution in [0.3, 0.4) is 0 Å². The Bertz CT molecular complexity index is 686. The van der Waals surface area contributed by atoms with Crippen LogP contribution in [0.15, 0.2) is 0 Å². The van der Waals surface area contributed by atoms with Crippen molar-refractivity contribution < 1.29 is 77.2 Å². The number of halogens is 12. The minimum absolute atomic E-state index is 1.45. The number of Topliss-reactive ketones (excluding diaryl/α,β-unsaturated/α-hetero) is 1. The standard InChI is InChI=1S/C15H12F12O5/c16-12(17,18)10(30,13(19,20)21)5-1-6(11(31,14(22,23)24)15(25,26)27)3-9(2-5)4-7(28)8(29)32-9/h5-6,30-31H,1-4H2. The minimum atomic E-state index is -6.65. The van der Waals surface area contributed by atoms with Gasteiger partial charge in [-0.25, -0.2) is 4.79 Å². The SMILES string of the molecule is O=C1CC2(CC(C(O)(C(F)(F)F)C(F)(F)F)CC(C(O)(C(F)(F)F)C(F)(F)F)C2)OC1=O. The molecule has 1 saturated carbocycles. The molecule has 1 heterocycles. The normalized spacial score (nSPS) is 28.9. The van der Waals surface area contributed by atoms with Crippen molar-refractivity contribution in [1.82, 2.24) is 0 Å². The second kappa shape index (κ2) is 7.11. The number of esters is 1. The molecule has 2 atom stereocenters. The number of ether oxygens (including phenoxy) is 1. The highest BCUT2D eigenvalue weighted by molar-refractivity contribution is 6.35. The van der Waals surface area contributed by atoms with Gasteiger partial charge in [0.1, 0.15) is 5.60 Å². The fraction of sp³-hybridized carbons (Fsp3) is 0.867. The lowest BCUT2D eigenvalue weighted by Gasteiger charge is -2.51. The molecule has 1 aliphatic carbocycles. The molecule has 1 spiro atoms. The summed E-state index contributed by atoms with van der Waals surface area (Å²) in [5, 5.41) is 19.1. The van der Waals surface area contributed by atoms with Gasteiger partial charge in [0.2, 0.25) is 5.78 Å². The number of hydrogen-bond acceptors (Lipinski definition) is 5. The predicted octanol–water partition coefficient (Wildman–Crippen LogP) is 3.37. The summed E-state index contributed by atoms with van der Waals surface area (Å²) in [4.78, 5) is 22.8. The Morgan fingerprint density at radius 1 is 0.688 bits per heavy atom. The van der Waals surface area contributed by atoms with Crippen LogP contribution in [0.4, 0.5) is 52.7 Å². The van der Waals surface area contributed by atoms with Gasteiger partial charge >= 0.3 is 30.7 Å². The monoisotopic (exact) mass is 500 g/mol. The average molecular weight is 500 g/mol. The highest BCUT2D eigenvalue weighted by atomic mass is 19.4. The van der Waals surface area contributed by atoms with Gasteiger partial charge in [-0.05, 0) is 19.3 Å². The van der Waals surface area contributed by atoms with Crippen LogP contribution in [0.2, 0.25) is 0 Å². The van der Waals surface area contributed by atoms with Gasteiger partial charge in [-0.1, -0.05) is 0 Å². The Kier molecular flexibility index (Phi) is 5.88. The van der Waals surface area contributed by atoms with Gasteiger partial charge < -0.3 is 14.9 Å². The lowest BCUT2D eigenvalue weighted by atomic mass is 9.61. The van der Waals surface area contributed by atoms with Gasteiger partial charge in [0, 0.05) is 11.8 Å². The van der Waals surface area contributed by atoms with Crippen molar-refractivity contribution in [1.29, 1.82) is 0 Å². The Balaban J connectivity index is 2.74. The van der Waals surface area contributed by atoms with E-state index in [2.05, 4.69) is 4.74 Å². The third-order valence-corrected chi connectivity index (χ3v) is 5.74. The van der Waals surface area contributed by atoms with E-state index in [1.54, 1.807) is 0 Å². The van der Waals surface area contributed by atoms with Gasteiger partial charge in [0.25, 0.3) is 11.2 Å². The molecule has 1 saturated heterocycles. The van der Waals surface area contributed by atoms with E-state index in [-0.39, 0.29) is 0 Å². The topological polar surface area (TPSA) is 83.8 Å². The van der Waals surface area contributed by atoms with Gasteiger partial charge in [-0.2, -0.15) is 52.7 Å². The number of ketones is 1. The van der Waals surface area contributed by atoms with E-state index in [0.29, 0.717) is 0 Å². The summed E-state index contributed by atoms with van der Waals surface area (Å²) in [6.07, 6.45) is -33.8. The van der Waals surface area contributed by atoms with Gasteiger partial charge in [-0.15, -0.1) is 0 Å². The Hall–Kier alpha value is -1.78. The smallest absolute Gasteiger partial charge is 0.426 e. The lowest BCUT2D eigenvalue weighted by molar-refractivity contribution is -0.407. The lowest BCUT2D eigenvalue weighted by Crippen LogP contribution is -2.68. The number of rotatable bonds is 2. The van der Waals surface area contributed by atoms with Crippen molar-refractivity contribution in [2.24, 2.45) is 11.8 Å². The molecule has 0 bridgehead atoms. The molecule has 0 aromatic heterocycles. The number of carbonyl (C=O) groups is 2. The summed E-state index contributed by atoms with van der Waals surface area (Å²) in [6, 6.07) is 0. The highest BCUT2D eigenvalue weighted by Crippen LogP contribution is 2.60. The molecule has 5 nitrogen and oxygen atoms in total. The fourth-order valence-corrected chi connectivity index (χ4v) is 4.26. The summed E-state index contributed by atoms with van der Waals surface area (Å²) in [6.45, 7) is 0. The van der Waals surface area contributed by atoms with Crippen LogP contribution in [-0.2, 0) is 14.3 Å². The fourth-order valence-electron chi connectivity index (χ4n) is 4.26. The Morgan fingerprint density at radius 3 is 1.22 bits per heavy atom. The summed E-state index contributed by atoms with van der Waals surface area (Å²) >= 11 is 0. The number of hydrogen-bond donors (Lipinski definition) is 2. The molecule has 1 aliphatic heterocycles. The second-order valence-electron chi connectivity index (χ2n) is 7.73. The zero-order valence-electron chi connectivity index (χ0n) is 15.1. The number of alkyl halides is 12. The third kappa shape index (κ3) is 3.80. The molecule has 32 heavy (non-hydrogen) atoms. The molecule has 0 aromatic rings. The molecule has 0 amide bonds. The average Bonchev–Trinajstić information content (AvgIpc) is 2.81. The van der Waals surface area contributed by atoms with Crippen LogP contribution in [0, 0.1) is 11.8 Å². The first-order chi connectivity index (χ1) is 13.9. The van der Waals surface area contributed by atoms with Crippen molar-refractivity contribution in [3.63, 3.8) is 0 Å². The second-order valence-corrected chi connectivity index (χ2v) is 7.73. The van der Waals surface area contributed by atoms with Gasteiger partial charge in [0.05, 0.1) is 6.42 Å². The van der Waals surface area contributed by atoms with Crippen molar-refractivity contribution >= 4 is 11.8 Å². The molecular weight excluding hydrogens is 488 g/mol. The van der Waals surface area contributed by atoms with Crippen LogP contribution in [0.5, 0.6) is 0 Å². The molecule has 2 unspecified atom stereocenters. The van der Waals surface area contributed by atoms with E-state index in [1.807, 2.05) is 0 Å². The maximum Gasteiger partial charge on any atom is 0.426 e. The summed E-state index contributed by atoms with van der Waals surface area (Å²) in [7, 11) is 0. The quantitative estimate of drug-likeness (QED) is 0.345. The van der Waals surface area contributed by atoms with Crippen LogP contribution >= 0.6 is 0 Å². The van der Waals surface area contributed by atoms with Crippen molar-refractivity contribution in [2.75, 3.05) is 0 Å². The third-order valence-electron chi connectivity index (χ3n) is 5.74. The Morgan fingerprint density at radius 2 is 1.00 bits per heavy atom. The van der Waals surface area contributed by atoms with Crippen LogP contribution < -0.4 is 0 Å². The van der Waals surface area contributed by atoms with Crippen molar-refractivity contribution in [2.45, 2.75) is 67.2 Å². The van der Waals surface area contributed by atoms with E-state index in [9.17, 15) is 72.5 Å². The Labute approximate surface area is 169 Å². The first-order valence-corrected chi connectivity index (χ1v) is 8.41. The largest absolute Gasteiger partial charge is 0.453 e. The highest BCUT2D eigenvalue weighted by Gasteiger charge is 2.79. The minimum Gasteiger partial charge on any atom is -0.453 e. The van der Waals surface area contributed by atoms with Crippen molar-refractivity contribution in [3.8, 4) is 0 Å². The van der Waals surface area contributed by atoms with Crippen LogP contribution in [0.25, 0.3) is 0 Å². The van der Waals surface area contributed by atoms with Crippen molar-refractivity contribution in [3.05, 3.63) is 0 Å². The van der Waals surface area contributed by atoms with Crippen LogP contribution in [-0.4, -0.2) is 63.5 Å². The maximum atomic E-state index is 13.3. The molecule has 2 aliphatic rings. The molecule has 0 radical (unpaired) electrons. The van der Waals surface area contributed by atoms with E-state index < -0.39 is 90.8 Å². The zero-order valence-corrected chi connectivity index (χ0v) is 15.1. The first-order valence-electron chi connectivity index (χ1n) is 8.41. The maximum absolute atomic E-state index is 13.3. The van der Waals surface area contributed by atoms with Gasteiger partial charge in [-0.3, -0.25) is 4.79 Å². The molecule has 0 aromatic carbocycles. The summed E-state index contributed by atoms with van der Waals surface area (Å²) < 4.78 is 163. The number of carbonyl (C=O) groups excluding carboxylic acids is 2. The molecule has 2 fully saturated rings. The van der Waals surface area contributed by atoms with E-state index in [4.69, 9.17) is 0 Å². The molecule has 2 rings (SSSR count). The number of aliphatic hydroxyl groups is 2. The zero-order chi connectivity index (χ0) is 25.3. The predicted molar refractivity (Wildman–Crippen MR) is 73.4 cm³/mol.